The lowest BCUT2D eigenvalue weighted by Crippen LogP contribution is -2.24. The highest BCUT2D eigenvalue weighted by Gasteiger charge is 2.49. The quantitative estimate of drug-likeness (QED) is 0.312. The molecule has 0 aliphatic rings. The molecule has 0 heterocycles. The maximum atomic E-state index is 15.0. The van der Waals surface area contributed by atoms with E-state index in [1.165, 1.54) is 65.9 Å². The van der Waals surface area contributed by atoms with Crippen LogP contribution in [0.3, 0.4) is 0 Å². The molecule has 3 aromatic rings. The minimum absolute atomic E-state index is 0.0280. The van der Waals surface area contributed by atoms with Gasteiger partial charge >= 0.3 is 0 Å². The van der Waals surface area contributed by atoms with E-state index in [0.717, 1.165) is 0 Å². The first-order chi connectivity index (χ1) is 16.8. The predicted molar refractivity (Wildman–Crippen MR) is 136 cm³/mol. The van der Waals surface area contributed by atoms with Crippen LogP contribution >= 0.6 is 23.1 Å². The lowest BCUT2D eigenvalue weighted by atomic mass is 10.2. The Morgan fingerprint density at radius 2 is 1.29 bits per heavy atom. The number of hydrogen-bond donors (Lipinski definition) is 0. The fourth-order valence-electron chi connectivity index (χ4n) is 3.62. The van der Waals surface area contributed by atoms with Gasteiger partial charge in [-0.05, 0) is 28.1 Å². The van der Waals surface area contributed by atoms with Crippen molar-refractivity contribution >= 4 is 39.4 Å². The molecular formula is C25H24BrO8P. The molecule has 0 bridgehead atoms. The van der Waals surface area contributed by atoms with Gasteiger partial charge in [0.1, 0.15) is 39.6 Å². The zero-order valence-electron chi connectivity index (χ0n) is 19.8. The Labute approximate surface area is 211 Å². The van der Waals surface area contributed by atoms with Crippen LogP contribution in [0.25, 0.3) is 0 Å². The smallest absolute Gasteiger partial charge is 0.256 e. The summed E-state index contributed by atoms with van der Waals surface area (Å²) in [5.41, 5.74) is -1.98. The Balaban J connectivity index is 2.46. The van der Waals surface area contributed by atoms with Gasteiger partial charge in [0.25, 0.3) is 7.14 Å². The number of carbonyl (C=O) groups excluding carboxylic acids is 2. The van der Waals surface area contributed by atoms with Crippen molar-refractivity contribution in [3.05, 3.63) is 70.2 Å². The maximum Gasteiger partial charge on any atom is 0.256 e. The Morgan fingerprint density at radius 1 is 0.714 bits per heavy atom. The van der Waals surface area contributed by atoms with Crippen LogP contribution in [0.4, 0.5) is 0 Å². The number of ether oxygens (including phenoxy) is 5. The molecule has 0 amide bonds. The van der Waals surface area contributed by atoms with Crippen molar-refractivity contribution in [3.63, 3.8) is 0 Å². The van der Waals surface area contributed by atoms with Crippen molar-refractivity contribution in [3.8, 4) is 28.7 Å². The first kappa shape index (κ1) is 26.3. The van der Waals surface area contributed by atoms with Crippen LogP contribution in [-0.4, -0.2) is 46.6 Å². The molecule has 0 aromatic heterocycles. The van der Waals surface area contributed by atoms with Gasteiger partial charge in [-0.3, -0.25) is 9.59 Å². The van der Waals surface area contributed by atoms with Gasteiger partial charge in [0.05, 0.1) is 40.0 Å². The van der Waals surface area contributed by atoms with E-state index in [0.29, 0.717) is 10.2 Å². The molecule has 0 spiro atoms. The minimum atomic E-state index is -4.70. The van der Waals surface area contributed by atoms with Crippen LogP contribution in [0.1, 0.15) is 20.7 Å². The highest BCUT2D eigenvalue weighted by Crippen LogP contribution is 2.58. The Bertz CT molecular complexity index is 1280. The van der Waals surface area contributed by atoms with Crippen molar-refractivity contribution in [2.45, 2.75) is 0 Å². The Kier molecular flexibility index (Phi) is 8.25. The summed E-state index contributed by atoms with van der Waals surface area (Å²) >= 11 is 3.36. The fraction of sp³-hybridized carbons (Fsp3) is 0.200. The zero-order valence-corrected chi connectivity index (χ0v) is 22.3. The number of methoxy groups -OCH3 is 5. The summed E-state index contributed by atoms with van der Waals surface area (Å²) in [5, 5.41) is -0.171. The van der Waals surface area contributed by atoms with E-state index in [9.17, 15) is 14.2 Å². The summed E-state index contributed by atoms with van der Waals surface area (Å²) in [6, 6.07) is 13.9. The molecule has 0 aliphatic heterocycles. The van der Waals surface area contributed by atoms with Crippen LogP contribution in [0.5, 0.6) is 28.7 Å². The molecule has 0 saturated heterocycles. The number of carbonyl (C=O) groups is 2. The molecule has 1 unspecified atom stereocenters. The van der Waals surface area contributed by atoms with E-state index < -0.39 is 18.2 Å². The predicted octanol–water partition coefficient (Wildman–Crippen LogP) is 5.16. The summed E-state index contributed by atoms with van der Waals surface area (Å²) < 4.78 is 42.4. The molecule has 0 fully saturated rings. The molecule has 3 aromatic carbocycles. The zero-order chi connectivity index (χ0) is 25.8. The molecule has 0 radical (unpaired) electrons. The third-order valence-electron chi connectivity index (χ3n) is 5.31. The van der Waals surface area contributed by atoms with E-state index in [4.69, 9.17) is 23.7 Å². The molecule has 184 valence electrons. The monoisotopic (exact) mass is 562 g/mol. The summed E-state index contributed by atoms with van der Waals surface area (Å²) in [5.74, 6) is 0.492. The number of rotatable bonds is 10. The van der Waals surface area contributed by atoms with Gasteiger partial charge in [0, 0.05) is 17.7 Å². The van der Waals surface area contributed by atoms with E-state index in [2.05, 4.69) is 15.9 Å². The molecule has 10 heteroatoms. The lowest BCUT2D eigenvalue weighted by Gasteiger charge is -2.23. The van der Waals surface area contributed by atoms with E-state index in [-0.39, 0.29) is 39.4 Å². The number of halogens is 1. The standard InChI is InChI=1S/C25H24BrO8P/c1-30-16-13-19(32-3)21(20(14-16)33-4)25(28)35(29,24(27)15-9-7-6-8-10-15)23-18(31-2)12-11-17(26)22(23)34-5/h6-14H,1-5H3. The molecule has 8 nitrogen and oxygen atoms in total. The van der Waals surface area contributed by atoms with Crippen molar-refractivity contribution < 1.29 is 37.8 Å². The SMILES string of the molecule is COc1cc(OC)c(C(=O)P(=O)(C(=O)c2ccccc2)c2c(OC)ccc(Br)c2OC)c(OC)c1. The largest absolute Gasteiger partial charge is 0.496 e. The Morgan fingerprint density at radius 3 is 1.77 bits per heavy atom. The van der Waals surface area contributed by atoms with Gasteiger partial charge in [-0.15, -0.1) is 0 Å². The van der Waals surface area contributed by atoms with Gasteiger partial charge in [0.15, 0.2) is 0 Å². The van der Waals surface area contributed by atoms with Crippen LogP contribution < -0.4 is 29.0 Å². The molecule has 1 atom stereocenters. The van der Waals surface area contributed by atoms with E-state index in [1.807, 2.05) is 0 Å². The summed E-state index contributed by atoms with van der Waals surface area (Å²) in [6.45, 7) is 0. The lowest BCUT2D eigenvalue weighted by molar-refractivity contribution is 0.103. The topological polar surface area (TPSA) is 97.4 Å². The fourth-order valence-corrected chi connectivity index (χ4v) is 6.88. The van der Waals surface area contributed by atoms with Crippen molar-refractivity contribution in [1.29, 1.82) is 0 Å². The molecule has 35 heavy (non-hydrogen) atoms. The minimum Gasteiger partial charge on any atom is -0.496 e. The van der Waals surface area contributed by atoms with Crippen LogP contribution in [0.15, 0.2) is 59.1 Å². The maximum absolute atomic E-state index is 15.0. The molecular weight excluding hydrogens is 539 g/mol. The average molecular weight is 563 g/mol. The molecule has 0 aliphatic carbocycles. The van der Waals surface area contributed by atoms with Crippen LogP contribution in [-0.2, 0) is 4.57 Å². The highest BCUT2D eigenvalue weighted by atomic mass is 79.9. The van der Waals surface area contributed by atoms with Gasteiger partial charge in [-0.25, -0.2) is 0 Å². The molecule has 0 N–H and O–H groups in total. The third-order valence-corrected chi connectivity index (χ3v) is 8.61. The second kappa shape index (κ2) is 11.0. The summed E-state index contributed by atoms with van der Waals surface area (Å²) in [4.78, 5) is 28.2. The third kappa shape index (κ3) is 4.66. The van der Waals surface area contributed by atoms with E-state index in [1.54, 1.807) is 24.3 Å². The number of benzene rings is 3. The van der Waals surface area contributed by atoms with Crippen molar-refractivity contribution in [2.75, 3.05) is 35.5 Å². The molecule has 0 saturated carbocycles. The highest BCUT2D eigenvalue weighted by molar-refractivity contribution is 9.10. The number of hydrogen-bond acceptors (Lipinski definition) is 8. The summed E-state index contributed by atoms with van der Waals surface area (Å²) in [6.07, 6.45) is 0. The van der Waals surface area contributed by atoms with Crippen LogP contribution in [0, 0.1) is 0 Å². The Hall–Kier alpha value is -3.29. The van der Waals surface area contributed by atoms with Gasteiger partial charge in [0.2, 0.25) is 11.0 Å². The van der Waals surface area contributed by atoms with Crippen molar-refractivity contribution in [1.82, 2.24) is 0 Å². The average Bonchev–Trinajstić information content (AvgIpc) is 2.91. The second-order valence-electron chi connectivity index (χ2n) is 7.12. The van der Waals surface area contributed by atoms with Gasteiger partial charge in [-0.1, -0.05) is 30.3 Å². The van der Waals surface area contributed by atoms with Crippen LogP contribution in [0.2, 0.25) is 0 Å². The summed E-state index contributed by atoms with van der Waals surface area (Å²) in [7, 11) is 2.13. The molecule has 3 rings (SSSR count). The van der Waals surface area contributed by atoms with Crippen molar-refractivity contribution in [2.24, 2.45) is 0 Å². The first-order valence-corrected chi connectivity index (χ1v) is 12.7. The second-order valence-corrected chi connectivity index (χ2v) is 10.5. The first-order valence-electron chi connectivity index (χ1n) is 10.2. The van der Waals surface area contributed by atoms with E-state index >= 15 is 0 Å². The van der Waals surface area contributed by atoms with Gasteiger partial charge in [-0.2, -0.15) is 0 Å². The normalized spacial score (nSPS) is 12.3. The van der Waals surface area contributed by atoms with Gasteiger partial charge < -0.3 is 28.2 Å².